The minimum atomic E-state index is 0.604. The molecule has 0 spiro atoms. The average Bonchev–Trinajstić information content (AvgIpc) is 2.21. The molecule has 0 fully saturated rings. The number of benzene rings is 1. The van der Waals surface area contributed by atoms with Gasteiger partial charge < -0.3 is 10.1 Å². The van der Waals surface area contributed by atoms with Crippen LogP contribution in [0.2, 0.25) is 0 Å². The van der Waals surface area contributed by atoms with Gasteiger partial charge in [0.05, 0.1) is 6.61 Å². The molecule has 1 aromatic rings. The molecule has 0 saturated carbocycles. The molecular formula is C12H15NO. The van der Waals surface area contributed by atoms with Gasteiger partial charge in [-0.15, -0.1) is 6.42 Å². The van der Waals surface area contributed by atoms with E-state index in [1.54, 1.807) is 7.11 Å². The zero-order valence-electron chi connectivity index (χ0n) is 8.63. The van der Waals surface area contributed by atoms with Crippen molar-refractivity contribution in [1.29, 1.82) is 0 Å². The Balaban J connectivity index is 2.98. The molecule has 0 atom stereocenters. The summed E-state index contributed by atoms with van der Waals surface area (Å²) in [4.78, 5) is 0. The molecule has 0 unspecified atom stereocenters. The molecule has 1 rings (SSSR count). The highest BCUT2D eigenvalue weighted by Gasteiger charge is 2.01. The normalized spacial score (nSPS) is 9.79. The molecule has 0 aliphatic heterocycles. The smallest absolute Gasteiger partial charge is 0.0716 e. The topological polar surface area (TPSA) is 21.3 Å². The van der Waals surface area contributed by atoms with E-state index < -0.39 is 0 Å². The van der Waals surface area contributed by atoms with Crippen LogP contribution < -0.4 is 5.32 Å². The molecule has 0 bridgehead atoms. The number of nitrogens with one attached hydrogen (secondary N) is 1. The molecule has 1 N–H and O–H groups in total. The van der Waals surface area contributed by atoms with Gasteiger partial charge in [-0.05, 0) is 30.3 Å². The Kier molecular flexibility index (Phi) is 4.18. The summed E-state index contributed by atoms with van der Waals surface area (Å²) in [7, 11) is 3.61. The van der Waals surface area contributed by atoms with Crippen molar-refractivity contribution >= 4 is 0 Å². The molecule has 0 radical (unpaired) electrons. The van der Waals surface area contributed by atoms with Crippen LogP contribution >= 0.6 is 0 Å². The first kappa shape index (κ1) is 10.8. The third-order valence-corrected chi connectivity index (χ3v) is 2.04. The predicted octanol–water partition coefficient (Wildman–Crippen LogP) is 1.53. The average molecular weight is 189 g/mol. The first-order chi connectivity index (χ1) is 6.81. The quantitative estimate of drug-likeness (QED) is 0.725. The summed E-state index contributed by atoms with van der Waals surface area (Å²) in [6, 6.07) is 5.99. The van der Waals surface area contributed by atoms with Crippen molar-refractivity contribution in [3.05, 3.63) is 34.9 Å². The highest BCUT2D eigenvalue weighted by atomic mass is 16.5. The van der Waals surface area contributed by atoms with Crippen LogP contribution in [-0.4, -0.2) is 14.2 Å². The van der Waals surface area contributed by atoms with Crippen LogP contribution in [0, 0.1) is 12.3 Å². The Labute approximate surface area is 85.3 Å². The van der Waals surface area contributed by atoms with Crippen molar-refractivity contribution in [1.82, 2.24) is 5.32 Å². The minimum Gasteiger partial charge on any atom is -0.380 e. The van der Waals surface area contributed by atoms with Crippen molar-refractivity contribution in [3.63, 3.8) is 0 Å². The van der Waals surface area contributed by atoms with Gasteiger partial charge in [0.15, 0.2) is 0 Å². The summed E-state index contributed by atoms with van der Waals surface area (Å²) in [6.45, 7) is 1.44. The first-order valence-corrected chi connectivity index (χ1v) is 4.53. The van der Waals surface area contributed by atoms with Crippen LogP contribution in [-0.2, 0) is 17.9 Å². The molecule has 0 aliphatic carbocycles. The Morgan fingerprint density at radius 1 is 1.43 bits per heavy atom. The van der Waals surface area contributed by atoms with Crippen LogP contribution in [0.3, 0.4) is 0 Å². The van der Waals surface area contributed by atoms with Crippen LogP contribution in [0.4, 0.5) is 0 Å². The first-order valence-electron chi connectivity index (χ1n) is 4.53. The molecular weight excluding hydrogens is 174 g/mol. The number of ether oxygens (including phenoxy) is 1. The van der Waals surface area contributed by atoms with Crippen LogP contribution in [0.1, 0.15) is 16.7 Å². The lowest BCUT2D eigenvalue weighted by molar-refractivity contribution is 0.184. The van der Waals surface area contributed by atoms with Crippen molar-refractivity contribution in [3.8, 4) is 12.3 Å². The van der Waals surface area contributed by atoms with Crippen molar-refractivity contribution in [2.24, 2.45) is 0 Å². The van der Waals surface area contributed by atoms with Gasteiger partial charge in [0.25, 0.3) is 0 Å². The van der Waals surface area contributed by atoms with Crippen molar-refractivity contribution in [2.45, 2.75) is 13.2 Å². The maximum Gasteiger partial charge on any atom is 0.0716 e. The lowest BCUT2D eigenvalue weighted by Gasteiger charge is -2.08. The minimum absolute atomic E-state index is 0.604. The summed E-state index contributed by atoms with van der Waals surface area (Å²) in [5.41, 5.74) is 3.28. The number of rotatable bonds is 4. The van der Waals surface area contributed by atoms with Gasteiger partial charge in [0.1, 0.15) is 0 Å². The number of hydrogen-bond acceptors (Lipinski definition) is 2. The van der Waals surface area contributed by atoms with Crippen molar-refractivity contribution < 1.29 is 4.74 Å². The van der Waals surface area contributed by atoms with E-state index in [0.717, 1.165) is 17.7 Å². The fourth-order valence-corrected chi connectivity index (χ4v) is 1.37. The summed E-state index contributed by atoms with van der Waals surface area (Å²) < 4.78 is 5.12. The summed E-state index contributed by atoms with van der Waals surface area (Å²) >= 11 is 0. The largest absolute Gasteiger partial charge is 0.380 e. The second-order valence-electron chi connectivity index (χ2n) is 3.09. The van der Waals surface area contributed by atoms with Crippen LogP contribution in [0.25, 0.3) is 0 Å². The Bertz CT molecular complexity index is 339. The molecule has 0 saturated heterocycles. The van der Waals surface area contributed by atoms with Gasteiger partial charge in [0, 0.05) is 19.2 Å². The fraction of sp³-hybridized carbons (Fsp3) is 0.333. The number of terminal acetylenes is 1. The third kappa shape index (κ3) is 2.59. The standard InChI is InChI=1S/C12H15NO/c1-4-10-5-6-11(8-13-2)12(7-10)9-14-3/h1,5-7,13H,8-9H2,2-3H3. The number of hydrogen-bond donors (Lipinski definition) is 1. The molecule has 0 amide bonds. The molecule has 0 heterocycles. The zero-order valence-corrected chi connectivity index (χ0v) is 8.63. The molecule has 14 heavy (non-hydrogen) atoms. The highest BCUT2D eigenvalue weighted by Crippen LogP contribution is 2.12. The SMILES string of the molecule is C#Cc1ccc(CNC)c(COC)c1. The second kappa shape index (κ2) is 5.43. The van der Waals surface area contributed by atoms with E-state index >= 15 is 0 Å². The van der Waals surface area contributed by atoms with E-state index in [2.05, 4.69) is 11.2 Å². The van der Waals surface area contributed by atoms with Gasteiger partial charge in [-0.2, -0.15) is 0 Å². The summed E-state index contributed by atoms with van der Waals surface area (Å²) in [5, 5.41) is 3.11. The maximum absolute atomic E-state index is 5.33. The number of methoxy groups -OCH3 is 1. The van der Waals surface area contributed by atoms with E-state index in [4.69, 9.17) is 11.2 Å². The summed E-state index contributed by atoms with van der Waals surface area (Å²) in [5.74, 6) is 2.62. The fourth-order valence-electron chi connectivity index (χ4n) is 1.37. The van der Waals surface area contributed by atoms with E-state index in [1.807, 2.05) is 25.2 Å². The maximum atomic E-state index is 5.33. The lowest BCUT2D eigenvalue weighted by Crippen LogP contribution is -2.08. The van der Waals surface area contributed by atoms with E-state index in [9.17, 15) is 0 Å². The van der Waals surface area contributed by atoms with Crippen LogP contribution in [0.15, 0.2) is 18.2 Å². The predicted molar refractivity (Wildman–Crippen MR) is 57.9 cm³/mol. The highest BCUT2D eigenvalue weighted by molar-refractivity contribution is 5.39. The second-order valence-corrected chi connectivity index (χ2v) is 3.09. The Morgan fingerprint density at radius 3 is 2.79 bits per heavy atom. The van der Waals surface area contributed by atoms with Gasteiger partial charge >= 0.3 is 0 Å². The van der Waals surface area contributed by atoms with Gasteiger partial charge in [-0.1, -0.05) is 12.0 Å². The van der Waals surface area contributed by atoms with Gasteiger partial charge in [-0.25, -0.2) is 0 Å². The Hall–Kier alpha value is -1.30. The van der Waals surface area contributed by atoms with E-state index in [-0.39, 0.29) is 0 Å². The summed E-state index contributed by atoms with van der Waals surface area (Å²) in [6.07, 6.45) is 5.33. The molecule has 1 aromatic carbocycles. The zero-order chi connectivity index (χ0) is 10.4. The van der Waals surface area contributed by atoms with E-state index in [0.29, 0.717) is 6.61 Å². The molecule has 2 nitrogen and oxygen atoms in total. The lowest BCUT2D eigenvalue weighted by atomic mass is 10.0. The molecule has 0 aromatic heterocycles. The molecule has 0 aliphatic rings. The monoisotopic (exact) mass is 189 g/mol. The van der Waals surface area contributed by atoms with Gasteiger partial charge in [-0.3, -0.25) is 0 Å². The van der Waals surface area contributed by atoms with Crippen LogP contribution in [0.5, 0.6) is 0 Å². The van der Waals surface area contributed by atoms with Gasteiger partial charge in [0.2, 0.25) is 0 Å². The molecule has 74 valence electrons. The molecule has 2 heteroatoms. The van der Waals surface area contributed by atoms with Crippen molar-refractivity contribution in [2.75, 3.05) is 14.2 Å². The van der Waals surface area contributed by atoms with E-state index in [1.165, 1.54) is 5.56 Å². The third-order valence-electron chi connectivity index (χ3n) is 2.04. The Morgan fingerprint density at radius 2 is 2.21 bits per heavy atom.